The lowest BCUT2D eigenvalue weighted by Gasteiger charge is -2.31. The Hall–Kier alpha value is -1.31. The normalized spacial score (nSPS) is 10.8. The summed E-state index contributed by atoms with van der Waals surface area (Å²) in [6, 6.07) is 1.91. The number of carbonyl (C=O) groups is 1. The third-order valence-corrected chi connectivity index (χ3v) is 5.01. The first-order valence-electron chi connectivity index (χ1n) is 7.13. The molecule has 0 bridgehead atoms. The molecule has 1 rings (SSSR count). The van der Waals surface area contributed by atoms with Gasteiger partial charge in [0.2, 0.25) is 0 Å². The average molecular weight is 292 g/mol. The van der Waals surface area contributed by atoms with Crippen LogP contribution in [-0.4, -0.2) is 18.0 Å². The minimum absolute atomic E-state index is 0.00412. The Morgan fingerprint density at radius 1 is 1.35 bits per heavy atom. The zero-order chi connectivity index (χ0) is 15.2. The second kappa shape index (κ2) is 7.47. The summed E-state index contributed by atoms with van der Waals surface area (Å²) in [7, 11) is 0. The van der Waals surface area contributed by atoms with Crippen LogP contribution in [0.25, 0.3) is 0 Å². The summed E-state index contributed by atoms with van der Waals surface area (Å²) < 4.78 is 0. The number of nitrogens with two attached hydrogens (primary N) is 1. The standard InChI is InChI=1S/C16H24N2OS/c1-5-16(6-2,7-3)18-15(19)14-11-12(4)13(20-14)9-8-10-17/h11H,5-7,10,17H2,1-4H3,(H,18,19). The zero-order valence-electron chi connectivity index (χ0n) is 12.8. The number of hydrogen-bond acceptors (Lipinski definition) is 3. The van der Waals surface area contributed by atoms with Gasteiger partial charge in [-0.1, -0.05) is 32.6 Å². The SMILES string of the molecule is CCC(CC)(CC)NC(=O)c1cc(C)c(C#CCN)s1. The van der Waals surface area contributed by atoms with Crippen molar-refractivity contribution in [2.45, 2.75) is 52.5 Å². The van der Waals surface area contributed by atoms with Crippen molar-refractivity contribution in [3.8, 4) is 11.8 Å². The molecule has 3 nitrogen and oxygen atoms in total. The van der Waals surface area contributed by atoms with Crippen LogP contribution in [0.15, 0.2) is 6.07 Å². The monoisotopic (exact) mass is 292 g/mol. The van der Waals surface area contributed by atoms with Gasteiger partial charge in [-0.25, -0.2) is 0 Å². The van der Waals surface area contributed by atoms with Crippen LogP contribution in [0, 0.1) is 18.8 Å². The maximum atomic E-state index is 12.4. The number of carbonyl (C=O) groups excluding carboxylic acids is 1. The first kappa shape index (κ1) is 16.7. The fourth-order valence-corrected chi connectivity index (χ4v) is 3.11. The summed E-state index contributed by atoms with van der Waals surface area (Å²) in [6.45, 7) is 8.66. The smallest absolute Gasteiger partial charge is 0.261 e. The quantitative estimate of drug-likeness (QED) is 0.820. The van der Waals surface area contributed by atoms with Gasteiger partial charge in [-0.3, -0.25) is 4.79 Å². The van der Waals surface area contributed by atoms with Crippen LogP contribution in [-0.2, 0) is 0 Å². The van der Waals surface area contributed by atoms with Crippen LogP contribution < -0.4 is 11.1 Å². The molecule has 0 spiro atoms. The number of rotatable bonds is 5. The highest BCUT2D eigenvalue weighted by Crippen LogP contribution is 2.24. The number of thiophene rings is 1. The predicted octanol–water partition coefficient (Wildman–Crippen LogP) is 3.07. The van der Waals surface area contributed by atoms with E-state index >= 15 is 0 Å². The molecule has 0 saturated heterocycles. The molecule has 1 amide bonds. The van der Waals surface area contributed by atoms with Crippen molar-refractivity contribution in [3.05, 3.63) is 21.4 Å². The summed E-state index contributed by atoms with van der Waals surface area (Å²) in [5.74, 6) is 5.86. The lowest BCUT2D eigenvalue weighted by atomic mass is 9.90. The Morgan fingerprint density at radius 2 is 1.95 bits per heavy atom. The van der Waals surface area contributed by atoms with E-state index < -0.39 is 0 Å². The van der Waals surface area contributed by atoms with E-state index in [2.05, 4.69) is 37.9 Å². The molecule has 1 aromatic heterocycles. The van der Waals surface area contributed by atoms with Crippen LogP contribution in [0.4, 0.5) is 0 Å². The molecule has 0 fully saturated rings. The molecule has 0 radical (unpaired) electrons. The van der Waals surface area contributed by atoms with E-state index in [-0.39, 0.29) is 11.4 Å². The molecule has 4 heteroatoms. The molecule has 0 aromatic carbocycles. The third-order valence-electron chi connectivity index (χ3n) is 3.85. The van der Waals surface area contributed by atoms with Crippen molar-refractivity contribution < 1.29 is 4.79 Å². The Bertz CT molecular complexity index is 510. The van der Waals surface area contributed by atoms with Crippen LogP contribution >= 0.6 is 11.3 Å². The van der Waals surface area contributed by atoms with Crippen molar-refractivity contribution in [3.63, 3.8) is 0 Å². The molecule has 0 aliphatic rings. The minimum Gasteiger partial charge on any atom is -0.346 e. The van der Waals surface area contributed by atoms with Gasteiger partial charge < -0.3 is 11.1 Å². The highest BCUT2D eigenvalue weighted by molar-refractivity contribution is 7.14. The minimum atomic E-state index is -0.0991. The fraction of sp³-hybridized carbons (Fsp3) is 0.562. The van der Waals surface area contributed by atoms with Crippen molar-refractivity contribution >= 4 is 17.2 Å². The Balaban J connectivity index is 2.93. The van der Waals surface area contributed by atoms with Gasteiger partial charge in [-0.05, 0) is 37.8 Å². The second-order valence-electron chi connectivity index (χ2n) is 4.92. The lowest BCUT2D eigenvalue weighted by molar-refractivity contribution is 0.0892. The largest absolute Gasteiger partial charge is 0.346 e. The molecule has 0 unspecified atom stereocenters. The van der Waals surface area contributed by atoms with E-state index in [1.54, 1.807) is 0 Å². The van der Waals surface area contributed by atoms with Crippen LogP contribution in [0.3, 0.4) is 0 Å². The molecule has 0 saturated carbocycles. The van der Waals surface area contributed by atoms with Crippen LogP contribution in [0.5, 0.6) is 0 Å². The summed E-state index contributed by atoms with van der Waals surface area (Å²) in [5, 5.41) is 3.19. The molecule has 0 aliphatic carbocycles. The first-order chi connectivity index (χ1) is 9.51. The summed E-state index contributed by atoms with van der Waals surface area (Å²) >= 11 is 1.44. The molecule has 0 aliphatic heterocycles. The van der Waals surface area contributed by atoms with Crippen LogP contribution in [0.1, 0.15) is 60.1 Å². The number of aryl methyl sites for hydroxylation is 1. The number of nitrogens with one attached hydrogen (secondary N) is 1. The third kappa shape index (κ3) is 3.84. The molecule has 20 heavy (non-hydrogen) atoms. The van der Waals surface area contributed by atoms with E-state index in [0.717, 1.165) is 34.6 Å². The van der Waals surface area contributed by atoms with E-state index in [9.17, 15) is 4.79 Å². The lowest BCUT2D eigenvalue weighted by Crippen LogP contribution is -2.46. The molecule has 1 aromatic rings. The molecule has 3 N–H and O–H groups in total. The Morgan fingerprint density at radius 3 is 2.45 bits per heavy atom. The molecule has 110 valence electrons. The van der Waals surface area contributed by atoms with E-state index in [1.807, 2.05) is 13.0 Å². The van der Waals surface area contributed by atoms with Gasteiger partial charge >= 0.3 is 0 Å². The molecule has 0 atom stereocenters. The van der Waals surface area contributed by atoms with Gasteiger partial charge in [0.15, 0.2) is 0 Å². The Labute approximate surface area is 126 Å². The van der Waals surface area contributed by atoms with Crippen molar-refractivity contribution in [2.24, 2.45) is 5.73 Å². The predicted molar refractivity (Wildman–Crippen MR) is 86.1 cm³/mol. The summed E-state index contributed by atoms with van der Waals surface area (Å²) in [5.41, 5.74) is 6.32. The highest BCUT2D eigenvalue weighted by atomic mass is 32.1. The van der Waals surface area contributed by atoms with Gasteiger partial charge in [0.25, 0.3) is 5.91 Å². The van der Waals surface area contributed by atoms with Crippen molar-refractivity contribution in [1.29, 1.82) is 0 Å². The zero-order valence-corrected chi connectivity index (χ0v) is 13.6. The van der Waals surface area contributed by atoms with Crippen LogP contribution in [0.2, 0.25) is 0 Å². The van der Waals surface area contributed by atoms with E-state index in [0.29, 0.717) is 6.54 Å². The van der Waals surface area contributed by atoms with Gasteiger partial charge in [0.1, 0.15) is 0 Å². The summed E-state index contributed by atoms with van der Waals surface area (Å²) in [4.78, 5) is 14.1. The van der Waals surface area contributed by atoms with Gasteiger partial charge in [0, 0.05) is 5.54 Å². The van der Waals surface area contributed by atoms with E-state index in [4.69, 9.17) is 5.73 Å². The van der Waals surface area contributed by atoms with E-state index in [1.165, 1.54) is 11.3 Å². The maximum Gasteiger partial charge on any atom is 0.261 e. The van der Waals surface area contributed by atoms with Gasteiger partial charge in [0.05, 0.1) is 16.3 Å². The maximum absolute atomic E-state index is 12.4. The summed E-state index contributed by atoms with van der Waals surface area (Å²) in [6.07, 6.45) is 2.82. The Kier molecular flexibility index (Phi) is 6.25. The van der Waals surface area contributed by atoms with Gasteiger partial charge in [-0.15, -0.1) is 11.3 Å². The molecular weight excluding hydrogens is 268 g/mol. The molecule has 1 heterocycles. The number of hydrogen-bond donors (Lipinski definition) is 2. The highest BCUT2D eigenvalue weighted by Gasteiger charge is 2.27. The van der Waals surface area contributed by atoms with Gasteiger partial charge in [-0.2, -0.15) is 0 Å². The molecular formula is C16H24N2OS. The topological polar surface area (TPSA) is 55.1 Å². The average Bonchev–Trinajstić information content (AvgIpc) is 2.84. The second-order valence-corrected chi connectivity index (χ2v) is 5.98. The number of amides is 1. The van der Waals surface area contributed by atoms with Crippen molar-refractivity contribution in [2.75, 3.05) is 6.54 Å². The fourth-order valence-electron chi connectivity index (χ4n) is 2.17. The first-order valence-corrected chi connectivity index (χ1v) is 7.95. The van der Waals surface area contributed by atoms with Crippen molar-refractivity contribution in [1.82, 2.24) is 5.32 Å².